The molecule has 0 atom stereocenters. The Morgan fingerprint density at radius 3 is 1.91 bits per heavy atom. The summed E-state index contributed by atoms with van der Waals surface area (Å²) in [5.41, 5.74) is 7.44. The van der Waals surface area contributed by atoms with Crippen molar-refractivity contribution in [1.29, 1.82) is 0 Å². The van der Waals surface area contributed by atoms with Gasteiger partial charge in [0.2, 0.25) is 0 Å². The molecule has 33 heavy (non-hydrogen) atoms. The lowest BCUT2D eigenvalue weighted by Crippen LogP contribution is -2.39. The van der Waals surface area contributed by atoms with E-state index in [1.165, 1.54) is 0 Å². The number of pyridine rings is 1. The van der Waals surface area contributed by atoms with E-state index in [0.717, 1.165) is 11.1 Å². The number of aromatic nitrogens is 1. The Morgan fingerprint density at radius 1 is 0.879 bits per heavy atom. The third kappa shape index (κ3) is 10.7. The van der Waals surface area contributed by atoms with Crippen molar-refractivity contribution in [3.05, 3.63) is 59.4 Å². The molecule has 0 aliphatic heterocycles. The number of rotatable bonds is 6. The van der Waals surface area contributed by atoms with Gasteiger partial charge in [0.1, 0.15) is 11.2 Å². The Morgan fingerprint density at radius 2 is 1.39 bits per heavy atom. The normalized spacial score (nSPS) is 11.5. The highest BCUT2D eigenvalue weighted by Crippen LogP contribution is 2.12. The van der Waals surface area contributed by atoms with Gasteiger partial charge in [-0.1, -0.05) is 11.8 Å². The average Bonchev–Trinajstić information content (AvgIpc) is 2.64. The van der Waals surface area contributed by atoms with Crippen LogP contribution in [0.15, 0.2) is 42.6 Å². The average molecular weight is 452 g/mol. The molecule has 0 radical (unpaired) electrons. The molecular weight excluding hydrogens is 418 g/mol. The molecule has 0 unspecified atom stereocenters. The van der Waals surface area contributed by atoms with Crippen LogP contribution in [0.2, 0.25) is 0 Å². The van der Waals surface area contributed by atoms with Crippen molar-refractivity contribution in [2.75, 3.05) is 18.8 Å². The van der Waals surface area contributed by atoms with Crippen LogP contribution < -0.4 is 5.73 Å². The fraction of sp³-hybridized carbons (Fsp3) is 0.423. The number of hydrogen-bond donors (Lipinski definition) is 1. The molecule has 0 spiro atoms. The van der Waals surface area contributed by atoms with Gasteiger partial charge in [-0.05, 0) is 77.9 Å². The lowest BCUT2D eigenvalue weighted by atomic mass is 10.1. The Balaban J connectivity index is 2.16. The van der Waals surface area contributed by atoms with Crippen molar-refractivity contribution in [3.63, 3.8) is 0 Å². The number of benzene rings is 1. The third-order valence-electron chi connectivity index (χ3n) is 4.01. The number of carbonyl (C=O) groups is 2. The van der Waals surface area contributed by atoms with E-state index in [-0.39, 0.29) is 19.6 Å². The van der Waals surface area contributed by atoms with Gasteiger partial charge in [0, 0.05) is 29.6 Å². The fourth-order valence-corrected chi connectivity index (χ4v) is 2.86. The summed E-state index contributed by atoms with van der Waals surface area (Å²) in [5.74, 6) is 5.34. The number of ether oxygens (including phenoxy) is 2. The summed E-state index contributed by atoms with van der Waals surface area (Å²) in [6.07, 6.45) is 1.65. The van der Waals surface area contributed by atoms with Crippen molar-refractivity contribution in [1.82, 2.24) is 9.88 Å². The Hall–Kier alpha value is -3.37. The van der Waals surface area contributed by atoms with E-state index in [4.69, 9.17) is 15.2 Å². The predicted molar refractivity (Wildman–Crippen MR) is 128 cm³/mol. The van der Waals surface area contributed by atoms with E-state index in [1.54, 1.807) is 70.8 Å². The summed E-state index contributed by atoms with van der Waals surface area (Å²) in [4.78, 5) is 30.9. The molecule has 0 amide bonds. The minimum atomic E-state index is -0.621. The molecule has 1 aromatic heterocycles. The second-order valence-electron chi connectivity index (χ2n) is 9.73. The minimum absolute atomic E-state index is 0.0699. The van der Waals surface area contributed by atoms with Gasteiger partial charge in [0.05, 0.1) is 18.8 Å². The topological polar surface area (TPSA) is 94.8 Å². The first-order valence-electron chi connectivity index (χ1n) is 10.8. The largest absolute Gasteiger partial charge is 0.459 e. The van der Waals surface area contributed by atoms with Gasteiger partial charge in [-0.2, -0.15) is 0 Å². The number of nitrogens with zero attached hydrogens (tertiary/aromatic N) is 2. The molecule has 1 heterocycles. The van der Waals surface area contributed by atoms with Gasteiger partial charge in [0.15, 0.2) is 0 Å². The SMILES string of the molecule is CC(C)(C)OC(=O)CN(CC(=O)OC(C)(C)C)Cc1cc(C#Cc2ccc(N)cc2)ccn1. The molecule has 176 valence electrons. The van der Waals surface area contributed by atoms with Crippen LogP contribution in [-0.4, -0.2) is 46.1 Å². The van der Waals surface area contributed by atoms with E-state index in [1.807, 2.05) is 18.2 Å². The van der Waals surface area contributed by atoms with Crippen LogP contribution in [0.3, 0.4) is 0 Å². The Labute approximate surface area is 196 Å². The van der Waals surface area contributed by atoms with Crippen LogP contribution in [0.25, 0.3) is 0 Å². The van der Waals surface area contributed by atoms with E-state index < -0.39 is 23.1 Å². The fourth-order valence-electron chi connectivity index (χ4n) is 2.86. The minimum Gasteiger partial charge on any atom is -0.459 e. The maximum Gasteiger partial charge on any atom is 0.320 e. The number of nitrogen functional groups attached to an aromatic ring is 1. The van der Waals surface area contributed by atoms with Crippen LogP contribution in [-0.2, 0) is 25.6 Å². The number of anilines is 1. The molecule has 0 aliphatic carbocycles. The van der Waals surface area contributed by atoms with E-state index in [2.05, 4.69) is 16.8 Å². The smallest absolute Gasteiger partial charge is 0.320 e. The molecule has 0 fully saturated rings. The van der Waals surface area contributed by atoms with Crippen LogP contribution in [0.1, 0.15) is 58.4 Å². The van der Waals surface area contributed by atoms with Gasteiger partial charge in [0.25, 0.3) is 0 Å². The van der Waals surface area contributed by atoms with Crippen molar-refractivity contribution in [2.24, 2.45) is 0 Å². The predicted octanol–water partition coefficient (Wildman–Crippen LogP) is 3.55. The quantitative estimate of drug-likeness (QED) is 0.408. The number of nitrogens with two attached hydrogens (primary N) is 1. The van der Waals surface area contributed by atoms with E-state index >= 15 is 0 Å². The first-order chi connectivity index (χ1) is 15.3. The summed E-state index contributed by atoms with van der Waals surface area (Å²) < 4.78 is 10.8. The van der Waals surface area contributed by atoms with Crippen LogP contribution in [0.5, 0.6) is 0 Å². The first kappa shape index (κ1) is 25.9. The first-order valence-corrected chi connectivity index (χ1v) is 10.8. The number of hydrogen-bond acceptors (Lipinski definition) is 7. The van der Waals surface area contributed by atoms with Gasteiger partial charge >= 0.3 is 11.9 Å². The van der Waals surface area contributed by atoms with Gasteiger partial charge in [-0.3, -0.25) is 19.5 Å². The summed E-state index contributed by atoms with van der Waals surface area (Å²) in [5, 5.41) is 0. The molecule has 2 aromatic rings. The lowest BCUT2D eigenvalue weighted by molar-refractivity contribution is -0.160. The van der Waals surface area contributed by atoms with Crippen molar-refractivity contribution in [2.45, 2.75) is 59.3 Å². The molecule has 0 aliphatic rings. The second kappa shape index (κ2) is 11.0. The zero-order valence-electron chi connectivity index (χ0n) is 20.3. The third-order valence-corrected chi connectivity index (χ3v) is 4.01. The summed E-state index contributed by atoms with van der Waals surface area (Å²) in [6, 6.07) is 10.9. The monoisotopic (exact) mass is 451 g/mol. The van der Waals surface area contributed by atoms with Crippen molar-refractivity contribution >= 4 is 17.6 Å². The molecule has 2 N–H and O–H groups in total. The van der Waals surface area contributed by atoms with Crippen LogP contribution in [0, 0.1) is 11.8 Å². The van der Waals surface area contributed by atoms with Crippen LogP contribution in [0.4, 0.5) is 5.69 Å². The van der Waals surface area contributed by atoms with Crippen molar-refractivity contribution < 1.29 is 19.1 Å². The van der Waals surface area contributed by atoms with E-state index in [9.17, 15) is 9.59 Å². The molecule has 0 saturated heterocycles. The Kier molecular flexibility index (Phi) is 8.61. The maximum atomic E-state index is 12.4. The molecule has 7 heteroatoms. The number of esters is 2. The summed E-state index contributed by atoms with van der Waals surface area (Å²) in [6.45, 7) is 10.9. The molecule has 0 saturated carbocycles. The lowest BCUT2D eigenvalue weighted by Gasteiger charge is -2.26. The summed E-state index contributed by atoms with van der Waals surface area (Å²) >= 11 is 0. The highest BCUT2D eigenvalue weighted by Gasteiger charge is 2.23. The van der Waals surface area contributed by atoms with E-state index in [0.29, 0.717) is 11.4 Å². The maximum absolute atomic E-state index is 12.4. The van der Waals surface area contributed by atoms with Crippen molar-refractivity contribution in [3.8, 4) is 11.8 Å². The molecule has 1 aromatic carbocycles. The van der Waals surface area contributed by atoms with Gasteiger partial charge in [-0.15, -0.1) is 0 Å². The molecule has 0 bridgehead atoms. The molecule has 7 nitrogen and oxygen atoms in total. The van der Waals surface area contributed by atoms with Crippen LogP contribution >= 0.6 is 0 Å². The zero-order chi connectivity index (χ0) is 24.6. The second-order valence-corrected chi connectivity index (χ2v) is 9.73. The highest BCUT2D eigenvalue weighted by atomic mass is 16.6. The zero-order valence-corrected chi connectivity index (χ0v) is 20.3. The van der Waals surface area contributed by atoms with Gasteiger partial charge in [-0.25, -0.2) is 0 Å². The Bertz CT molecular complexity index is 992. The molecule has 2 rings (SSSR count). The van der Waals surface area contributed by atoms with Gasteiger partial charge < -0.3 is 15.2 Å². The number of carbonyl (C=O) groups excluding carboxylic acids is 2. The highest BCUT2D eigenvalue weighted by molar-refractivity contribution is 5.75. The standard InChI is InChI=1S/C26H33N3O4/c1-25(2,3)32-23(30)17-29(18-24(31)33-26(4,5)6)16-22-15-20(13-14-28-22)8-7-19-9-11-21(27)12-10-19/h9-15H,16-18,27H2,1-6H3. The summed E-state index contributed by atoms with van der Waals surface area (Å²) in [7, 11) is 0. The molecular formula is C26H33N3O4.